The Kier molecular flexibility index (Phi) is 4.74. The Hall–Kier alpha value is -0.910. The van der Waals surface area contributed by atoms with Crippen molar-refractivity contribution in [2.24, 2.45) is 5.73 Å². The number of nitrogens with zero attached hydrogens (tertiary/aromatic N) is 3. The molecule has 0 bridgehead atoms. The minimum Gasteiger partial charge on any atom is -0.377 e. The van der Waals surface area contributed by atoms with Gasteiger partial charge in [-0.1, -0.05) is 0 Å². The largest absolute Gasteiger partial charge is 0.377 e. The maximum Gasteiger partial charge on any atom is 0.0948 e. The molecule has 2 rings (SSSR count). The maximum atomic E-state index is 5.99. The van der Waals surface area contributed by atoms with E-state index in [1.165, 1.54) is 5.69 Å². The van der Waals surface area contributed by atoms with E-state index >= 15 is 0 Å². The zero-order valence-corrected chi connectivity index (χ0v) is 11.4. The zero-order valence-electron chi connectivity index (χ0n) is 11.4. The summed E-state index contributed by atoms with van der Waals surface area (Å²) in [6.45, 7) is 8.65. The van der Waals surface area contributed by atoms with Crippen molar-refractivity contribution in [1.29, 1.82) is 0 Å². The van der Waals surface area contributed by atoms with E-state index in [0.717, 1.165) is 32.7 Å². The molecular formula is C13H24N4O. The smallest absolute Gasteiger partial charge is 0.0948 e. The molecule has 1 aliphatic rings. The second-order valence-electron chi connectivity index (χ2n) is 4.89. The first-order chi connectivity index (χ1) is 8.76. The van der Waals surface area contributed by atoms with Gasteiger partial charge in [-0.3, -0.25) is 4.90 Å². The van der Waals surface area contributed by atoms with Gasteiger partial charge in [-0.05, 0) is 20.3 Å². The summed E-state index contributed by atoms with van der Waals surface area (Å²) >= 11 is 0. The van der Waals surface area contributed by atoms with E-state index < -0.39 is 0 Å². The molecule has 102 valence electrons. The van der Waals surface area contributed by atoms with Crippen LogP contribution in [-0.4, -0.2) is 46.8 Å². The van der Waals surface area contributed by atoms with Crippen molar-refractivity contribution in [2.45, 2.75) is 39.0 Å². The minimum atomic E-state index is 0.247. The number of aryl methyl sites for hydroxylation is 1. The first kappa shape index (κ1) is 13.5. The molecule has 0 aliphatic carbocycles. The van der Waals surface area contributed by atoms with Gasteiger partial charge in [0.2, 0.25) is 0 Å². The fourth-order valence-electron chi connectivity index (χ4n) is 2.64. The van der Waals surface area contributed by atoms with Crippen LogP contribution < -0.4 is 5.73 Å². The van der Waals surface area contributed by atoms with E-state index in [-0.39, 0.29) is 12.1 Å². The van der Waals surface area contributed by atoms with Crippen LogP contribution in [0.25, 0.3) is 0 Å². The lowest BCUT2D eigenvalue weighted by molar-refractivity contribution is 0.0605. The number of hydrogen-bond acceptors (Lipinski definition) is 4. The SMILES string of the molecule is CCn1cncc1C(CN)N1CCCOC(C)C1. The second kappa shape index (κ2) is 6.31. The quantitative estimate of drug-likeness (QED) is 0.869. The zero-order chi connectivity index (χ0) is 13.0. The van der Waals surface area contributed by atoms with Crippen LogP contribution in [0.1, 0.15) is 32.0 Å². The van der Waals surface area contributed by atoms with E-state index in [0.29, 0.717) is 6.54 Å². The van der Waals surface area contributed by atoms with Crippen molar-refractivity contribution < 1.29 is 4.74 Å². The van der Waals surface area contributed by atoms with Crippen LogP contribution in [0, 0.1) is 0 Å². The van der Waals surface area contributed by atoms with Crippen LogP contribution in [-0.2, 0) is 11.3 Å². The maximum absolute atomic E-state index is 5.99. The van der Waals surface area contributed by atoms with E-state index in [1.807, 2.05) is 12.5 Å². The highest BCUT2D eigenvalue weighted by Gasteiger charge is 2.25. The van der Waals surface area contributed by atoms with Crippen LogP contribution in [0.15, 0.2) is 12.5 Å². The lowest BCUT2D eigenvalue weighted by Crippen LogP contribution is -2.38. The minimum absolute atomic E-state index is 0.247. The van der Waals surface area contributed by atoms with Crippen LogP contribution in [0.4, 0.5) is 0 Å². The summed E-state index contributed by atoms with van der Waals surface area (Å²) < 4.78 is 7.87. The molecule has 0 aromatic carbocycles. The van der Waals surface area contributed by atoms with Crippen molar-refractivity contribution >= 4 is 0 Å². The highest BCUT2D eigenvalue weighted by molar-refractivity contribution is 5.07. The van der Waals surface area contributed by atoms with Gasteiger partial charge in [0.15, 0.2) is 0 Å². The fraction of sp³-hybridized carbons (Fsp3) is 0.769. The predicted octanol–water partition coefficient (Wildman–Crippen LogP) is 1.01. The fourth-order valence-corrected chi connectivity index (χ4v) is 2.64. The van der Waals surface area contributed by atoms with E-state index in [4.69, 9.17) is 10.5 Å². The molecule has 0 spiro atoms. The lowest BCUT2D eigenvalue weighted by Gasteiger charge is -2.31. The summed E-state index contributed by atoms with van der Waals surface area (Å²) in [4.78, 5) is 6.68. The molecule has 2 unspecified atom stereocenters. The molecule has 2 heterocycles. The molecular weight excluding hydrogens is 228 g/mol. The van der Waals surface area contributed by atoms with Crippen molar-refractivity contribution in [3.8, 4) is 0 Å². The number of hydrogen-bond donors (Lipinski definition) is 1. The number of aromatic nitrogens is 2. The van der Waals surface area contributed by atoms with E-state index in [1.54, 1.807) is 0 Å². The monoisotopic (exact) mass is 252 g/mol. The third-order valence-electron chi connectivity index (χ3n) is 3.57. The third-order valence-corrected chi connectivity index (χ3v) is 3.57. The van der Waals surface area contributed by atoms with Gasteiger partial charge in [0.25, 0.3) is 0 Å². The van der Waals surface area contributed by atoms with Crippen LogP contribution in [0.2, 0.25) is 0 Å². The molecule has 5 nitrogen and oxygen atoms in total. The number of ether oxygens (including phenoxy) is 1. The van der Waals surface area contributed by atoms with Crippen molar-refractivity contribution in [3.05, 3.63) is 18.2 Å². The molecule has 0 saturated carbocycles. The molecule has 0 amide bonds. The Morgan fingerprint density at radius 3 is 3.17 bits per heavy atom. The molecule has 1 aromatic heterocycles. The first-order valence-corrected chi connectivity index (χ1v) is 6.82. The summed E-state index contributed by atoms with van der Waals surface area (Å²) in [5, 5.41) is 0. The van der Waals surface area contributed by atoms with E-state index in [2.05, 4.69) is 28.3 Å². The van der Waals surface area contributed by atoms with Gasteiger partial charge in [-0.25, -0.2) is 4.98 Å². The Morgan fingerprint density at radius 2 is 2.44 bits per heavy atom. The van der Waals surface area contributed by atoms with Crippen LogP contribution in [0.3, 0.4) is 0 Å². The number of rotatable bonds is 4. The van der Waals surface area contributed by atoms with Crippen molar-refractivity contribution in [1.82, 2.24) is 14.5 Å². The van der Waals surface area contributed by atoms with Gasteiger partial charge in [-0.2, -0.15) is 0 Å². The van der Waals surface area contributed by atoms with E-state index in [9.17, 15) is 0 Å². The molecule has 2 atom stereocenters. The molecule has 1 saturated heterocycles. The van der Waals surface area contributed by atoms with Crippen LogP contribution in [0.5, 0.6) is 0 Å². The summed E-state index contributed by atoms with van der Waals surface area (Å²) in [5.41, 5.74) is 7.21. The summed E-state index contributed by atoms with van der Waals surface area (Å²) in [6.07, 6.45) is 5.17. The molecule has 1 fully saturated rings. The number of nitrogens with two attached hydrogens (primary N) is 1. The Labute approximate surface area is 109 Å². The van der Waals surface area contributed by atoms with Gasteiger partial charge < -0.3 is 15.0 Å². The Balaban J connectivity index is 2.16. The number of imidazole rings is 1. The highest BCUT2D eigenvalue weighted by atomic mass is 16.5. The molecule has 5 heteroatoms. The Morgan fingerprint density at radius 1 is 1.61 bits per heavy atom. The molecule has 0 radical (unpaired) electrons. The van der Waals surface area contributed by atoms with Gasteiger partial charge in [0.05, 0.1) is 24.2 Å². The molecule has 1 aromatic rings. The average Bonchev–Trinajstić information content (AvgIpc) is 2.73. The van der Waals surface area contributed by atoms with Crippen molar-refractivity contribution in [3.63, 3.8) is 0 Å². The van der Waals surface area contributed by atoms with Gasteiger partial charge in [0, 0.05) is 39.0 Å². The van der Waals surface area contributed by atoms with Gasteiger partial charge in [-0.15, -0.1) is 0 Å². The summed E-state index contributed by atoms with van der Waals surface area (Å²) in [6, 6.07) is 0.247. The van der Waals surface area contributed by atoms with Gasteiger partial charge in [0.1, 0.15) is 0 Å². The Bertz CT molecular complexity index is 366. The summed E-state index contributed by atoms with van der Waals surface area (Å²) in [5.74, 6) is 0. The molecule has 18 heavy (non-hydrogen) atoms. The van der Waals surface area contributed by atoms with Crippen molar-refractivity contribution in [2.75, 3.05) is 26.2 Å². The normalized spacial score (nSPS) is 23.8. The average molecular weight is 252 g/mol. The predicted molar refractivity (Wildman–Crippen MR) is 71.3 cm³/mol. The molecule has 1 aliphatic heterocycles. The molecule has 2 N–H and O–H groups in total. The summed E-state index contributed by atoms with van der Waals surface area (Å²) in [7, 11) is 0. The lowest BCUT2D eigenvalue weighted by atomic mass is 10.1. The standard InChI is InChI=1S/C13H24N4O/c1-3-16-10-15-8-13(16)12(7-14)17-5-4-6-18-11(2)9-17/h8,10-12H,3-7,9,14H2,1-2H3. The highest BCUT2D eigenvalue weighted by Crippen LogP contribution is 2.22. The van der Waals surface area contributed by atoms with Gasteiger partial charge >= 0.3 is 0 Å². The second-order valence-corrected chi connectivity index (χ2v) is 4.89. The van der Waals surface area contributed by atoms with Crippen LogP contribution >= 0.6 is 0 Å². The first-order valence-electron chi connectivity index (χ1n) is 6.82. The topological polar surface area (TPSA) is 56.3 Å². The third kappa shape index (κ3) is 2.91.